The molecule has 0 aliphatic rings. The Morgan fingerprint density at radius 1 is 0.562 bits per heavy atom. The molecule has 0 N–H and O–H groups in total. The third-order valence-electron chi connectivity index (χ3n) is 5.98. The summed E-state index contributed by atoms with van der Waals surface area (Å²) in [5, 5.41) is 0. The number of hydrogen-bond donors (Lipinski definition) is 0. The molecule has 0 rings (SSSR count). The fourth-order valence-corrected chi connectivity index (χ4v) is 3.61. The average Bonchev–Trinajstić information content (AvgIpc) is 2.78. The van der Waals surface area contributed by atoms with Crippen molar-refractivity contribution in [3.63, 3.8) is 0 Å². The molecule has 0 heterocycles. The van der Waals surface area contributed by atoms with Crippen molar-refractivity contribution in [2.24, 2.45) is 0 Å². The summed E-state index contributed by atoms with van der Waals surface area (Å²) in [5.74, 6) is 0. The highest BCUT2D eigenvalue weighted by Crippen LogP contribution is 2.09. The summed E-state index contributed by atoms with van der Waals surface area (Å²) in [4.78, 5) is 2.23. The maximum atomic E-state index is 5.94. The van der Waals surface area contributed by atoms with Crippen LogP contribution in [0.15, 0.2) is 24.3 Å². The molecule has 0 radical (unpaired) electrons. The Morgan fingerprint density at radius 2 is 1.00 bits per heavy atom. The molecule has 0 aromatic heterocycles. The van der Waals surface area contributed by atoms with E-state index < -0.39 is 0 Å². The first-order valence-corrected chi connectivity index (χ1v) is 13.8. The Morgan fingerprint density at radius 3 is 1.53 bits per heavy atom. The van der Waals surface area contributed by atoms with Crippen LogP contribution in [0.1, 0.15) is 117 Å². The quantitative estimate of drug-likeness (QED) is 0.103. The second kappa shape index (κ2) is 26.6. The standard InChI is InChI=1S/C29H57NO2/c1-5-7-9-11-12-13-14-15-16-17-18-19-20-21-22-24-26-32-28-29(30(3)4)27-31-25-23-10-8-6-2/h12-13,15-16,29H,5-11,14,17-28H2,1-4H3/b13-12-,16-15-/t29-/m0/s1. The molecule has 0 aromatic rings. The largest absolute Gasteiger partial charge is 0.380 e. The molecule has 0 bridgehead atoms. The maximum absolute atomic E-state index is 5.94. The molecule has 0 spiro atoms. The zero-order valence-corrected chi connectivity index (χ0v) is 22.3. The molecule has 190 valence electrons. The van der Waals surface area contributed by atoms with E-state index in [1.165, 1.54) is 96.3 Å². The van der Waals surface area contributed by atoms with E-state index in [-0.39, 0.29) is 0 Å². The van der Waals surface area contributed by atoms with Gasteiger partial charge in [0.05, 0.1) is 19.3 Å². The minimum Gasteiger partial charge on any atom is -0.380 e. The summed E-state index contributed by atoms with van der Waals surface area (Å²) in [6.45, 7) is 7.84. The van der Waals surface area contributed by atoms with Gasteiger partial charge in [-0.05, 0) is 59.0 Å². The highest BCUT2D eigenvalue weighted by Gasteiger charge is 2.11. The molecule has 3 heteroatoms. The average molecular weight is 452 g/mol. The molecule has 1 atom stereocenters. The zero-order chi connectivity index (χ0) is 23.5. The van der Waals surface area contributed by atoms with E-state index in [1.54, 1.807) is 0 Å². The van der Waals surface area contributed by atoms with Crippen molar-refractivity contribution < 1.29 is 9.47 Å². The van der Waals surface area contributed by atoms with E-state index in [9.17, 15) is 0 Å². The van der Waals surface area contributed by atoms with Crippen LogP contribution in [-0.2, 0) is 9.47 Å². The Labute approximate surface area is 202 Å². The van der Waals surface area contributed by atoms with Crippen LogP contribution in [-0.4, -0.2) is 51.5 Å². The molecule has 0 fully saturated rings. The summed E-state index contributed by atoms with van der Waals surface area (Å²) in [7, 11) is 4.24. The smallest absolute Gasteiger partial charge is 0.0644 e. The summed E-state index contributed by atoms with van der Waals surface area (Å²) in [6, 6.07) is 0.366. The van der Waals surface area contributed by atoms with Crippen molar-refractivity contribution in [3.8, 4) is 0 Å². The topological polar surface area (TPSA) is 21.7 Å². The Bertz CT molecular complexity index is 406. The van der Waals surface area contributed by atoms with Crippen molar-refractivity contribution in [2.45, 2.75) is 123 Å². The molecule has 3 nitrogen and oxygen atoms in total. The maximum Gasteiger partial charge on any atom is 0.0644 e. The van der Waals surface area contributed by atoms with Crippen LogP contribution in [0.3, 0.4) is 0 Å². The van der Waals surface area contributed by atoms with Crippen molar-refractivity contribution in [3.05, 3.63) is 24.3 Å². The Hall–Kier alpha value is -0.640. The summed E-state index contributed by atoms with van der Waals surface area (Å²) in [6.07, 6.45) is 29.9. The molecule has 0 unspecified atom stereocenters. The van der Waals surface area contributed by atoms with Crippen molar-refractivity contribution in [1.82, 2.24) is 4.90 Å². The molecule has 0 aliphatic carbocycles. The van der Waals surface area contributed by atoms with Crippen molar-refractivity contribution in [1.29, 1.82) is 0 Å². The third kappa shape index (κ3) is 24.0. The van der Waals surface area contributed by atoms with Crippen LogP contribution in [0.5, 0.6) is 0 Å². The van der Waals surface area contributed by atoms with Crippen LogP contribution < -0.4 is 0 Å². The number of rotatable bonds is 25. The van der Waals surface area contributed by atoms with E-state index in [0.717, 1.165) is 32.8 Å². The minimum atomic E-state index is 0.366. The SMILES string of the molecule is CCCCC/C=C\C/C=C\CCCCCCCCOC[C@H](COCCCCCC)N(C)C. The molecule has 0 amide bonds. The molecular formula is C29H57NO2. The molecule has 0 aliphatic heterocycles. The van der Waals surface area contributed by atoms with Gasteiger partial charge in [-0.3, -0.25) is 0 Å². The van der Waals surface area contributed by atoms with E-state index in [4.69, 9.17) is 9.47 Å². The zero-order valence-electron chi connectivity index (χ0n) is 22.3. The lowest BCUT2D eigenvalue weighted by Gasteiger charge is -2.24. The second-order valence-corrected chi connectivity index (χ2v) is 9.41. The van der Waals surface area contributed by atoms with E-state index in [1.807, 2.05) is 0 Å². The van der Waals surface area contributed by atoms with Gasteiger partial charge >= 0.3 is 0 Å². The highest BCUT2D eigenvalue weighted by atomic mass is 16.5. The monoisotopic (exact) mass is 451 g/mol. The predicted molar refractivity (Wildman–Crippen MR) is 143 cm³/mol. The number of nitrogens with zero attached hydrogens (tertiary/aromatic N) is 1. The van der Waals surface area contributed by atoms with Gasteiger partial charge in [-0.1, -0.05) is 95.9 Å². The molecule has 32 heavy (non-hydrogen) atoms. The lowest BCUT2D eigenvalue weighted by molar-refractivity contribution is 0.0198. The molecular weight excluding hydrogens is 394 g/mol. The second-order valence-electron chi connectivity index (χ2n) is 9.41. The first kappa shape index (κ1) is 31.4. The van der Waals surface area contributed by atoms with Gasteiger partial charge in [-0.2, -0.15) is 0 Å². The lowest BCUT2D eigenvalue weighted by Crippen LogP contribution is -2.37. The lowest BCUT2D eigenvalue weighted by atomic mass is 10.1. The van der Waals surface area contributed by atoms with Crippen molar-refractivity contribution in [2.75, 3.05) is 40.5 Å². The van der Waals surface area contributed by atoms with E-state index >= 15 is 0 Å². The van der Waals surface area contributed by atoms with Gasteiger partial charge in [0.1, 0.15) is 0 Å². The molecule has 0 saturated carbocycles. The summed E-state index contributed by atoms with van der Waals surface area (Å²) < 4.78 is 11.8. The van der Waals surface area contributed by atoms with Crippen LogP contribution in [0.4, 0.5) is 0 Å². The highest BCUT2D eigenvalue weighted by molar-refractivity contribution is 4.92. The normalized spacial score (nSPS) is 13.2. The Kier molecular flexibility index (Phi) is 26.1. The van der Waals surface area contributed by atoms with Crippen molar-refractivity contribution >= 4 is 0 Å². The van der Waals surface area contributed by atoms with Gasteiger partial charge in [-0.15, -0.1) is 0 Å². The molecule has 0 aromatic carbocycles. The van der Waals surface area contributed by atoms with E-state index in [2.05, 4.69) is 57.1 Å². The summed E-state index contributed by atoms with van der Waals surface area (Å²) in [5.41, 5.74) is 0. The van der Waals surface area contributed by atoms with Gasteiger partial charge in [0, 0.05) is 13.2 Å². The van der Waals surface area contributed by atoms with E-state index in [0.29, 0.717) is 6.04 Å². The predicted octanol–water partition coefficient (Wildman–Crippen LogP) is 8.34. The van der Waals surface area contributed by atoms with Crippen LogP contribution in [0.25, 0.3) is 0 Å². The summed E-state index contributed by atoms with van der Waals surface area (Å²) >= 11 is 0. The minimum absolute atomic E-state index is 0.366. The number of unbranched alkanes of at least 4 members (excludes halogenated alkanes) is 12. The first-order valence-electron chi connectivity index (χ1n) is 13.8. The van der Waals surface area contributed by atoms with Gasteiger partial charge in [0.15, 0.2) is 0 Å². The van der Waals surface area contributed by atoms with Crippen LogP contribution in [0.2, 0.25) is 0 Å². The number of likely N-dealkylation sites (N-methyl/N-ethyl adjacent to an activating group) is 1. The number of hydrogen-bond acceptors (Lipinski definition) is 3. The molecule has 0 saturated heterocycles. The third-order valence-corrected chi connectivity index (χ3v) is 5.98. The fourth-order valence-electron chi connectivity index (χ4n) is 3.61. The van der Waals surface area contributed by atoms with Crippen LogP contribution in [0, 0.1) is 0 Å². The first-order chi connectivity index (χ1) is 15.7. The number of allylic oxidation sites excluding steroid dienone is 4. The number of ether oxygens (including phenoxy) is 2. The van der Waals surface area contributed by atoms with Gasteiger partial charge in [-0.25, -0.2) is 0 Å². The van der Waals surface area contributed by atoms with Crippen LogP contribution >= 0.6 is 0 Å². The van der Waals surface area contributed by atoms with Gasteiger partial charge in [0.2, 0.25) is 0 Å². The van der Waals surface area contributed by atoms with Gasteiger partial charge in [0.25, 0.3) is 0 Å². The Balaban J connectivity index is 3.42. The fraction of sp³-hybridized carbons (Fsp3) is 0.862. The van der Waals surface area contributed by atoms with Gasteiger partial charge < -0.3 is 14.4 Å².